The second-order valence-electron chi connectivity index (χ2n) is 8.42. The molecule has 7 nitrogen and oxygen atoms in total. The third kappa shape index (κ3) is 4.40. The van der Waals surface area contributed by atoms with E-state index in [1.807, 2.05) is 23.1 Å². The highest BCUT2D eigenvalue weighted by Gasteiger charge is 2.38. The summed E-state index contributed by atoms with van der Waals surface area (Å²) in [6.07, 6.45) is -2.68. The topological polar surface area (TPSA) is 75.4 Å². The Labute approximate surface area is 193 Å². The van der Waals surface area contributed by atoms with Crippen LogP contribution in [0.25, 0.3) is 16.4 Å². The highest BCUT2D eigenvalue weighted by atomic mass is 19.4. The van der Waals surface area contributed by atoms with E-state index in [9.17, 15) is 18.0 Å². The van der Waals surface area contributed by atoms with E-state index in [1.54, 1.807) is 6.07 Å². The summed E-state index contributed by atoms with van der Waals surface area (Å²) in [5.74, 6) is -0.855. The summed E-state index contributed by atoms with van der Waals surface area (Å²) in [7, 11) is 0. The summed E-state index contributed by atoms with van der Waals surface area (Å²) in [6, 6.07) is 17.5. The van der Waals surface area contributed by atoms with Gasteiger partial charge in [-0.05, 0) is 47.7 Å². The van der Waals surface area contributed by atoms with E-state index in [4.69, 9.17) is 0 Å². The molecule has 0 atom stereocenters. The van der Waals surface area contributed by atoms with Gasteiger partial charge in [0.1, 0.15) is 5.82 Å². The number of benzene rings is 2. The van der Waals surface area contributed by atoms with Gasteiger partial charge in [0.05, 0.1) is 0 Å². The van der Waals surface area contributed by atoms with Crippen LogP contribution in [0.5, 0.6) is 0 Å². The van der Waals surface area contributed by atoms with Crippen molar-refractivity contribution in [2.24, 2.45) is 5.92 Å². The largest absolute Gasteiger partial charge is 0.453 e. The minimum Gasteiger partial charge on any atom is -0.356 e. The molecule has 0 bridgehead atoms. The van der Waals surface area contributed by atoms with Crippen molar-refractivity contribution in [1.29, 1.82) is 0 Å². The SMILES string of the molecule is O=C(NCCc1cccc2ccccc12)C1CCN(c2ccc3nnc(C(F)(F)F)n3n2)CC1. The number of piperidine rings is 1. The number of halogens is 3. The predicted molar refractivity (Wildman–Crippen MR) is 121 cm³/mol. The van der Waals surface area contributed by atoms with Gasteiger partial charge in [0.25, 0.3) is 5.82 Å². The standard InChI is InChI=1S/C24H23F3N6O/c25-24(26,27)23-30-29-20-8-9-21(31-33(20)23)32-14-11-18(12-15-32)22(34)28-13-10-17-6-3-5-16-4-1-2-7-19(16)17/h1-9,18H,10-15H2,(H,28,34). The summed E-state index contributed by atoms with van der Waals surface area (Å²) < 4.78 is 40.1. The fraction of sp³-hybridized carbons (Fsp3) is 0.333. The van der Waals surface area contributed by atoms with Crippen LogP contribution in [-0.2, 0) is 17.4 Å². The maximum absolute atomic E-state index is 13.1. The van der Waals surface area contributed by atoms with Crippen molar-refractivity contribution in [2.75, 3.05) is 24.5 Å². The van der Waals surface area contributed by atoms with E-state index in [0.717, 1.165) is 10.9 Å². The van der Waals surface area contributed by atoms with Crippen LogP contribution in [0.2, 0.25) is 0 Å². The number of alkyl halides is 3. The average Bonchev–Trinajstić information content (AvgIpc) is 3.28. The highest BCUT2D eigenvalue weighted by molar-refractivity contribution is 5.85. The Kier molecular flexibility index (Phi) is 5.80. The van der Waals surface area contributed by atoms with Crippen molar-refractivity contribution in [3.05, 3.63) is 66.0 Å². The zero-order chi connectivity index (χ0) is 23.7. The molecule has 4 aromatic rings. The van der Waals surface area contributed by atoms with Crippen LogP contribution in [0.1, 0.15) is 24.2 Å². The van der Waals surface area contributed by atoms with Crippen LogP contribution in [0.3, 0.4) is 0 Å². The average molecular weight is 468 g/mol. The molecule has 5 rings (SSSR count). The minimum atomic E-state index is -4.64. The summed E-state index contributed by atoms with van der Waals surface area (Å²) in [6.45, 7) is 1.62. The van der Waals surface area contributed by atoms with Crippen molar-refractivity contribution in [3.8, 4) is 0 Å². The van der Waals surface area contributed by atoms with Crippen molar-refractivity contribution in [3.63, 3.8) is 0 Å². The molecule has 0 unspecified atom stereocenters. The molecule has 2 aromatic carbocycles. The van der Waals surface area contributed by atoms with Crippen molar-refractivity contribution < 1.29 is 18.0 Å². The van der Waals surface area contributed by atoms with E-state index in [-0.39, 0.29) is 17.5 Å². The van der Waals surface area contributed by atoms with Gasteiger partial charge < -0.3 is 10.2 Å². The number of hydrogen-bond acceptors (Lipinski definition) is 5. The molecule has 176 valence electrons. The second-order valence-corrected chi connectivity index (χ2v) is 8.42. The number of carbonyl (C=O) groups excluding carboxylic acids is 1. The van der Waals surface area contributed by atoms with Crippen molar-refractivity contribution >= 4 is 28.1 Å². The quantitative estimate of drug-likeness (QED) is 0.481. The molecule has 0 radical (unpaired) electrons. The third-order valence-corrected chi connectivity index (χ3v) is 6.27. The lowest BCUT2D eigenvalue weighted by molar-refractivity contribution is -0.146. The lowest BCUT2D eigenvalue weighted by Crippen LogP contribution is -2.41. The molecule has 10 heteroatoms. The van der Waals surface area contributed by atoms with E-state index in [2.05, 4.69) is 44.9 Å². The zero-order valence-corrected chi connectivity index (χ0v) is 18.3. The smallest absolute Gasteiger partial charge is 0.356 e. The molecule has 0 spiro atoms. The number of fused-ring (bicyclic) bond motifs is 2. The number of aromatic nitrogens is 4. The van der Waals surface area contributed by atoms with Crippen LogP contribution >= 0.6 is 0 Å². The van der Waals surface area contributed by atoms with Gasteiger partial charge in [0.2, 0.25) is 5.91 Å². The first kappa shape index (κ1) is 22.1. The Morgan fingerprint density at radius 1 is 1.00 bits per heavy atom. The van der Waals surface area contributed by atoms with Gasteiger partial charge in [-0.15, -0.1) is 15.3 Å². The van der Waals surface area contributed by atoms with E-state index >= 15 is 0 Å². The lowest BCUT2D eigenvalue weighted by Gasteiger charge is -2.32. The molecule has 0 aliphatic carbocycles. The highest BCUT2D eigenvalue weighted by Crippen LogP contribution is 2.28. The molecule has 0 saturated carbocycles. The molecule has 1 aliphatic heterocycles. The third-order valence-electron chi connectivity index (χ3n) is 6.27. The Hall–Kier alpha value is -3.69. The van der Waals surface area contributed by atoms with Crippen molar-refractivity contribution in [1.82, 2.24) is 25.1 Å². The molecule has 1 N–H and O–H groups in total. The van der Waals surface area contributed by atoms with Crippen LogP contribution in [0.4, 0.5) is 19.0 Å². The first-order valence-corrected chi connectivity index (χ1v) is 11.2. The van der Waals surface area contributed by atoms with Crippen LogP contribution < -0.4 is 10.2 Å². The molecular weight excluding hydrogens is 445 g/mol. The number of carbonyl (C=O) groups is 1. The van der Waals surface area contributed by atoms with Crippen LogP contribution in [0, 0.1) is 5.92 Å². The summed E-state index contributed by atoms with van der Waals surface area (Å²) in [4.78, 5) is 14.6. The van der Waals surface area contributed by atoms with E-state index in [0.29, 0.717) is 38.3 Å². The number of amides is 1. The molecule has 3 heterocycles. The van der Waals surface area contributed by atoms with Crippen LogP contribution in [0.15, 0.2) is 54.6 Å². The van der Waals surface area contributed by atoms with Crippen molar-refractivity contribution in [2.45, 2.75) is 25.4 Å². The molecular formula is C24H23F3N6O. The van der Waals surface area contributed by atoms with Gasteiger partial charge in [0, 0.05) is 25.6 Å². The number of hydrogen-bond donors (Lipinski definition) is 1. The van der Waals surface area contributed by atoms with Gasteiger partial charge in [-0.3, -0.25) is 4.79 Å². The predicted octanol–water partition coefficient (Wildman–Crippen LogP) is 3.87. The van der Waals surface area contributed by atoms with Gasteiger partial charge in [-0.2, -0.15) is 17.7 Å². The monoisotopic (exact) mass is 468 g/mol. The fourth-order valence-corrected chi connectivity index (χ4v) is 4.47. The van der Waals surface area contributed by atoms with Gasteiger partial charge in [-0.25, -0.2) is 0 Å². The Bertz CT molecular complexity index is 1320. The van der Waals surface area contributed by atoms with Gasteiger partial charge in [-0.1, -0.05) is 42.5 Å². The number of nitrogens with one attached hydrogen (secondary N) is 1. The maximum atomic E-state index is 13.1. The molecule has 1 aliphatic rings. The molecule has 1 amide bonds. The summed E-state index contributed by atoms with van der Waals surface area (Å²) >= 11 is 0. The van der Waals surface area contributed by atoms with E-state index < -0.39 is 12.0 Å². The normalized spacial score (nSPS) is 15.2. The molecule has 1 fully saturated rings. The Morgan fingerprint density at radius 2 is 1.76 bits per heavy atom. The van der Waals surface area contributed by atoms with Gasteiger partial charge in [0.15, 0.2) is 5.65 Å². The molecule has 34 heavy (non-hydrogen) atoms. The Morgan fingerprint density at radius 3 is 2.56 bits per heavy atom. The summed E-state index contributed by atoms with van der Waals surface area (Å²) in [5.41, 5.74) is 1.23. The van der Waals surface area contributed by atoms with E-state index in [1.165, 1.54) is 22.4 Å². The minimum absolute atomic E-state index is 0.0152. The van der Waals surface area contributed by atoms with Crippen LogP contribution in [-0.4, -0.2) is 45.4 Å². The maximum Gasteiger partial charge on any atom is 0.453 e. The second kappa shape index (κ2) is 8.92. The fourth-order valence-electron chi connectivity index (χ4n) is 4.47. The first-order valence-electron chi connectivity index (χ1n) is 11.2. The Balaban J connectivity index is 1.17. The molecule has 1 saturated heterocycles. The number of nitrogens with zero attached hydrogens (tertiary/aromatic N) is 5. The summed E-state index contributed by atoms with van der Waals surface area (Å²) in [5, 5.41) is 16.3. The zero-order valence-electron chi connectivity index (χ0n) is 18.3. The van der Waals surface area contributed by atoms with Gasteiger partial charge >= 0.3 is 6.18 Å². The molecule has 2 aromatic heterocycles. The number of rotatable bonds is 5. The lowest BCUT2D eigenvalue weighted by atomic mass is 9.95. The first-order chi connectivity index (χ1) is 16.4. The number of anilines is 1.